The first kappa shape index (κ1) is 19.4. The molecule has 0 radical (unpaired) electrons. The normalized spacial score (nSPS) is 11.7. The van der Waals surface area contributed by atoms with Crippen LogP contribution in [0.1, 0.15) is 34.3 Å². The molecule has 28 heavy (non-hydrogen) atoms. The summed E-state index contributed by atoms with van der Waals surface area (Å²) in [5, 5.41) is 2.09. The molecule has 0 aliphatic rings. The van der Waals surface area contributed by atoms with Crippen molar-refractivity contribution in [2.75, 3.05) is 14.2 Å². The molecule has 1 atom stereocenters. The second kappa shape index (κ2) is 8.57. The molecular formula is C23H22O5. The minimum Gasteiger partial charge on any atom is -0.497 e. The van der Waals surface area contributed by atoms with Gasteiger partial charge in [0.15, 0.2) is 0 Å². The van der Waals surface area contributed by atoms with E-state index in [4.69, 9.17) is 9.47 Å². The molecule has 144 valence electrons. The molecule has 0 aliphatic heterocycles. The van der Waals surface area contributed by atoms with Gasteiger partial charge in [-0.25, -0.2) is 4.79 Å². The van der Waals surface area contributed by atoms with Crippen molar-refractivity contribution in [1.82, 2.24) is 0 Å². The van der Waals surface area contributed by atoms with Crippen molar-refractivity contribution in [3.05, 3.63) is 77.4 Å². The fourth-order valence-corrected chi connectivity index (χ4v) is 2.91. The Balaban J connectivity index is 1.65. The van der Waals surface area contributed by atoms with Crippen molar-refractivity contribution in [2.24, 2.45) is 0 Å². The molecule has 3 rings (SSSR count). The van der Waals surface area contributed by atoms with Crippen LogP contribution in [0.3, 0.4) is 0 Å². The molecule has 0 saturated heterocycles. The molecule has 0 unspecified atom stereocenters. The number of carbonyl (C=O) groups excluding carboxylic acids is 2. The molecular weight excluding hydrogens is 356 g/mol. The van der Waals surface area contributed by atoms with E-state index >= 15 is 0 Å². The predicted molar refractivity (Wildman–Crippen MR) is 106 cm³/mol. The summed E-state index contributed by atoms with van der Waals surface area (Å²) >= 11 is 0. The Morgan fingerprint density at radius 2 is 1.57 bits per heavy atom. The molecule has 0 spiro atoms. The van der Waals surface area contributed by atoms with E-state index in [1.807, 2.05) is 43.3 Å². The Morgan fingerprint density at radius 3 is 2.25 bits per heavy atom. The van der Waals surface area contributed by atoms with Crippen LogP contribution in [0.15, 0.2) is 60.7 Å². The van der Waals surface area contributed by atoms with Crippen LogP contribution >= 0.6 is 0 Å². The molecule has 0 saturated carbocycles. The number of fused-ring (bicyclic) bond motifs is 1. The Morgan fingerprint density at radius 1 is 0.893 bits per heavy atom. The summed E-state index contributed by atoms with van der Waals surface area (Å²) in [6, 6.07) is 18.5. The molecule has 0 bridgehead atoms. The van der Waals surface area contributed by atoms with Gasteiger partial charge in [0.05, 0.1) is 25.7 Å². The minimum absolute atomic E-state index is 0.148. The summed E-state index contributed by atoms with van der Waals surface area (Å²) in [7, 11) is 2.97. The van der Waals surface area contributed by atoms with Gasteiger partial charge in [-0.2, -0.15) is 0 Å². The lowest BCUT2D eigenvalue weighted by atomic mass is 9.98. The summed E-state index contributed by atoms with van der Waals surface area (Å²) < 4.78 is 15.4. The number of hydrogen-bond acceptors (Lipinski definition) is 5. The molecule has 0 fully saturated rings. The highest BCUT2D eigenvalue weighted by molar-refractivity contribution is 5.89. The summed E-state index contributed by atoms with van der Waals surface area (Å²) in [4.78, 5) is 23.9. The van der Waals surface area contributed by atoms with Crippen molar-refractivity contribution in [3.63, 3.8) is 0 Å². The lowest BCUT2D eigenvalue weighted by Gasteiger charge is -2.13. The molecule has 5 nitrogen and oxygen atoms in total. The SMILES string of the molecule is COC(=O)c1ccc(COC(=O)[C@@H](C)c2ccc3cc(OC)ccc3c2)cc1. The number of carbonyl (C=O) groups is 2. The Bertz CT molecular complexity index is 992. The highest BCUT2D eigenvalue weighted by Crippen LogP contribution is 2.26. The quantitative estimate of drug-likeness (QED) is 0.592. The number of ether oxygens (including phenoxy) is 3. The van der Waals surface area contributed by atoms with Gasteiger partial charge in [-0.15, -0.1) is 0 Å². The van der Waals surface area contributed by atoms with E-state index in [9.17, 15) is 9.59 Å². The van der Waals surface area contributed by atoms with E-state index in [0.29, 0.717) is 5.56 Å². The van der Waals surface area contributed by atoms with Gasteiger partial charge in [0.25, 0.3) is 0 Å². The first-order chi connectivity index (χ1) is 13.5. The maximum absolute atomic E-state index is 12.5. The van der Waals surface area contributed by atoms with E-state index in [0.717, 1.165) is 27.6 Å². The molecule has 0 aliphatic carbocycles. The zero-order chi connectivity index (χ0) is 20.1. The van der Waals surface area contributed by atoms with E-state index in [2.05, 4.69) is 4.74 Å². The average molecular weight is 378 g/mol. The second-order valence-electron chi connectivity index (χ2n) is 6.49. The van der Waals surface area contributed by atoms with Crippen LogP contribution in [0.25, 0.3) is 10.8 Å². The largest absolute Gasteiger partial charge is 0.497 e. The lowest BCUT2D eigenvalue weighted by molar-refractivity contribution is -0.146. The van der Waals surface area contributed by atoms with Gasteiger partial charge in [0.1, 0.15) is 12.4 Å². The first-order valence-electron chi connectivity index (χ1n) is 8.93. The van der Waals surface area contributed by atoms with Crippen molar-refractivity contribution in [2.45, 2.75) is 19.4 Å². The van der Waals surface area contributed by atoms with Gasteiger partial charge in [-0.1, -0.05) is 36.4 Å². The lowest BCUT2D eigenvalue weighted by Crippen LogP contribution is -2.13. The van der Waals surface area contributed by atoms with Crippen molar-refractivity contribution >= 4 is 22.7 Å². The van der Waals surface area contributed by atoms with Crippen molar-refractivity contribution in [3.8, 4) is 5.75 Å². The third kappa shape index (κ3) is 4.31. The molecule has 3 aromatic rings. The summed E-state index contributed by atoms with van der Waals surface area (Å²) in [5.74, 6) is -0.289. The third-order valence-electron chi connectivity index (χ3n) is 4.68. The monoisotopic (exact) mass is 378 g/mol. The van der Waals surface area contributed by atoms with Crippen LogP contribution in [0, 0.1) is 0 Å². The van der Waals surface area contributed by atoms with Crippen LogP contribution in [0.5, 0.6) is 5.75 Å². The highest BCUT2D eigenvalue weighted by Gasteiger charge is 2.17. The van der Waals surface area contributed by atoms with Crippen LogP contribution in [0.4, 0.5) is 0 Å². The first-order valence-corrected chi connectivity index (χ1v) is 8.93. The van der Waals surface area contributed by atoms with Gasteiger partial charge < -0.3 is 14.2 Å². The van der Waals surface area contributed by atoms with Gasteiger partial charge >= 0.3 is 11.9 Å². The standard InChI is InChI=1S/C23H22O5/c1-15(18-8-9-20-13-21(26-2)11-10-19(20)12-18)22(24)28-14-16-4-6-17(7-5-16)23(25)27-3/h4-13,15H,14H2,1-3H3/t15-/m0/s1. The van der Waals surface area contributed by atoms with Gasteiger partial charge in [0.2, 0.25) is 0 Å². The van der Waals surface area contributed by atoms with Gasteiger partial charge in [-0.05, 0) is 53.1 Å². The molecule has 0 amide bonds. The summed E-state index contributed by atoms with van der Waals surface area (Å²) in [6.45, 7) is 1.97. The highest BCUT2D eigenvalue weighted by atomic mass is 16.5. The maximum Gasteiger partial charge on any atom is 0.337 e. The Labute approximate surface area is 163 Å². The van der Waals surface area contributed by atoms with Crippen LogP contribution in [0.2, 0.25) is 0 Å². The number of methoxy groups -OCH3 is 2. The Hall–Kier alpha value is -3.34. The van der Waals surface area contributed by atoms with E-state index < -0.39 is 5.97 Å². The zero-order valence-electron chi connectivity index (χ0n) is 16.1. The fourth-order valence-electron chi connectivity index (χ4n) is 2.91. The smallest absolute Gasteiger partial charge is 0.337 e. The maximum atomic E-state index is 12.5. The minimum atomic E-state index is -0.397. The van der Waals surface area contributed by atoms with E-state index in [1.54, 1.807) is 31.4 Å². The third-order valence-corrected chi connectivity index (χ3v) is 4.68. The number of hydrogen-bond donors (Lipinski definition) is 0. The van der Waals surface area contributed by atoms with E-state index in [-0.39, 0.29) is 18.5 Å². The molecule has 0 N–H and O–H groups in total. The Kier molecular flexibility index (Phi) is 5.94. The van der Waals surface area contributed by atoms with Crippen LogP contribution in [-0.4, -0.2) is 26.2 Å². The predicted octanol–water partition coefficient (Wildman–Crippen LogP) is 4.48. The summed E-state index contributed by atoms with van der Waals surface area (Å²) in [6.07, 6.45) is 0. The zero-order valence-corrected chi connectivity index (χ0v) is 16.1. The molecule has 5 heteroatoms. The number of rotatable bonds is 6. The van der Waals surface area contributed by atoms with E-state index in [1.165, 1.54) is 7.11 Å². The van der Waals surface area contributed by atoms with Crippen LogP contribution < -0.4 is 4.74 Å². The molecule has 0 heterocycles. The van der Waals surface area contributed by atoms with Gasteiger partial charge in [-0.3, -0.25) is 4.79 Å². The van der Waals surface area contributed by atoms with Gasteiger partial charge in [0, 0.05) is 0 Å². The second-order valence-corrected chi connectivity index (χ2v) is 6.49. The average Bonchev–Trinajstić information content (AvgIpc) is 2.75. The topological polar surface area (TPSA) is 61.8 Å². The van der Waals surface area contributed by atoms with Crippen molar-refractivity contribution in [1.29, 1.82) is 0 Å². The molecule has 0 aromatic heterocycles. The fraction of sp³-hybridized carbons (Fsp3) is 0.217. The molecule has 3 aromatic carbocycles. The van der Waals surface area contributed by atoms with Crippen molar-refractivity contribution < 1.29 is 23.8 Å². The number of benzene rings is 3. The van der Waals surface area contributed by atoms with Crippen LogP contribution in [-0.2, 0) is 20.9 Å². The summed E-state index contributed by atoms with van der Waals surface area (Å²) in [5.41, 5.74) is 2.15. The number of esters is 2.